The van der Waals surface area contributed by atoms with Crippen LogP contribution in [0.2, 0.25) is 0 Å². The number of nitrogens with zero attached hydrogens (tertiary/aromatic N) is 2. The second-order valence-corrected chi connectivity index (χ2v) is 5.09. The summed E-state index contributed by atoms with van der Waals surface area (Å²) in [4.78, 5) is 14.1. The first-order valence-electron chi connectivity index (χ1n) is 7.19. The first-order valence-corrected chi connectivity index (χ1v) is 7.19. The fourth-order valence-corrected chi connectivity index (χ4v) is 2.29. The van der Waals surface area contributed by atoms with E-state index in [9.17, 15) is 9.90 Å². The minimum Gasteiger partial charge on any atom is -0.467 e. The van der Waals surface area contributed by atoms with Gasteiger partial charge in [-0.25, -0.2) is 0 Å². The molecule has 0 bridgehead atoms. The van der Waals surface area contributed by atoms with Crippen LogP contribution >= 0.6 is 0 Å². The van der Waals surface area contributed by atoms with Crippen molar-refractivity contribution >= 4 is 5.91 Å². The van der Waals surface area contributed by atoms with Gasteiger partial charge in [0.05, 0.1) is 12.8 Å². The molecule has 2 heterocycles. The van der Waals surface area contributed by atoms with Crippen LogP contribution in [0.25, 0.3) is 0 Å². The van der Waals surface area contributed by atoms with E-state index in [1.165, 1.54) is 23.5 Å². The molecule has 0 aliphatic rings. The Balaban J connectivity index is 1.79. The maximum absolute atomic E-state index is 12.6. The Morgan fingerprint density at radius 1 is 1.13 bits per heavy atom. The molecule has 0 fully saturated rings. The molecule has 0 saturated carbocycles. The average molecular weight is 312 g/mol. The predicted molar refractivity (Wildman–Crippen MR) is 81.4 cm³/mol. The topological polar surface area (TPSA) is 79.7 Å². The molecule has 6 nitrogen and oxygen atoms in total. The second kappa shape index (κ2) is 6.93. The number of aromatic nitrogens is 1. The first kappa shape index (κ1) is 15.1. The number of aliphatic hydroxyl groups excluding tert-OH is 1. The third-order valence-electron chi connectivity index (χ3n) is 3.43. The Kier molecular flexibility index (Phi) is 4.54. The monoisotopic (exact) mass is 312 g/mol. The molecule has 0 radical (unpaired) electrons. The van der Waals surface area contributed by atoms with Gasteiger partial charge in [-0.05, 0) is 17.7 Å². The van der Waals surface area contributed by atoms with Crippen LogP contribution in [0.3, 0.4) is 0 Å². The van der Waals surface area contributed by atoms with Gasteiger partial charge in [0, 0.05) is 12.6 Å². The van der Waals surface area contributed by atoms with Gasteiger partial charge in [0.2, 0.25) is 0 Å². The Hall–Kier alpha value is -2.86. The van der Waals surface area contributed by atoms with Gasteiger partial charge < -0.3 is 18.9 Å². The van der Waals surface area contributed by atoms with Crippen LogP contribution in [0.1, 0.15) is 27.9 Å². The lowest BCUT2D eigenvalue weighted by molar-refractivity contribution is 0.0554. The number of amides is 1. The van der Waals surface area contributed by atoms with Crippen molar-refractivity contribution in [3.05, 3.63) is 78.1 Å². The van der Waals surface area contributed by atoms with Crippen molar-refractivity contribution in [2.75, 3.05) is 6.54 Å². The number of benzene rings is 1. The van der Waals surface area contributed by atoms with E-state index < -0.39 is 6.10 Å². The Morgan fingerprint density at radius 3 is 2.61 bits per heavy atom. The van der Waals surface area contributed by atoms with E-state index in [0.717, 1.165) is 5.56 Å². The smallest absolute Gasteiger partial charge is 0.276 e. The molecule has 1 atom stereocenters. The van der Waals surface area contributed by atoms with Gasteiger partial charge in [-0.3, -0.25) is 4.79 Å². The molecule has 1 amide bonds. The maximum atomic E-state index is 12.6. The minimum absolute atomic E-state index is 0.0914. The fourth-order valence-electron chi connectivity index (χ4n) is 2.29. The highest BCUT2D eigenvalue weighted by Crippen LogP contribution is 2.18. The number of hydrogen-bond acceptors (Lipinski definition) is 5. The summed E-state index contributed by atoms with van der Waals surface area (Å²) in [6, 6.07) is 14.4. The van der Waals surface area contributed by atoms with Crippen LogP contribution in [-0.2, 0) is 6.54 Å². The summed E-state index contributed by atoms with van der Waals surface area (Å²) in [7, 11) is 0. The van der Waals surface area contributed by atoms with Crippen LogP contribution in [0.15, 0.2) is 70.0 Å². The molecule has 118 valence electrons. The summed E-state index contributed by atoms with van der Waals surface area (Å²) in [5.74, 6) is 0.101. The molecular formula is C17H16N2O4. The van der Waals surface area contributed by atoms with Crippen LogP contribution in [-0.4, -0.2) is 27.6 Å². The zero-order valence-corrected chi connectivity index (χ0v) is 12.3. The van der Waals surface area contributed by atoms with Gasteiger partial charge >= 0.3 is 0 Å². The standard InChI is InChI=1S/C17H16N2O4/c20-15(16-7-4-9-22-16)12-19(11-13-5-2-1-3-6-13)17(21)14-8-10-23-18-14/h1-10,15,20H,11-12H2. The van der Waals surface area contributed by atoms with Crippen molar-refractivity contribution in [3.63, 3.8) is 0 Å². The molecule has 1 aromatic carbocycles. The molecule has 23 heavy (non-hydrogen) atoms. The summed E-state index contributed by atoms with van der Waals surface area (Å²) in [6.45, 7) is 0.443. The third-order valence-corrected chi connectivity index (χ3v) is 3.43. The van der Waals surface area contributed by atoms with E-state index in [1.807, 2.05) is 30.3 Å². The lowest BCUT2D eigenvalue weighted by Crippen LogP contribution is -2.34. The normalized spacial score (nSPS) is 12.0. The van der Waals surface area contributed by atoms with Gasteiger partial charge in [0.15, 0.2) is 5.69 Å². The van der Waals surface area contributed by atoms with Crippen molar-refractivity contribution in [1.29, 1.82) is 0 Å². The largest absolute Gasteiger partial charge is 0.467 e. The number of hydrogen-bond donors (Lipinski definition) is 1. The zero-order valence-electron chi connectivity index (χ0n) is 12.3. The Bertz CT molecular complexity index is 723. The summed E-state index contributed by atoms with van der Waals surface area (Å²) in [6.07, 6.45) is 1.92. The number of aliphatic hydroxyl groups is 1. The summed E-state index contributed by atoms with van der Waals surface area (Å²) < 4.78 is 9.93. The van der Waals surface area contributed by atoms with E-state index in [2.05, 4.69) is 5.16 Å². The van der Waals surface area contributed by atoms with Crippen molar-refractivity contribution in [3.8, 4) is 0 Å². The Labute approximate surface area is 132 Å². The predicted octanol–water partition coefficient (Wildman–Crippen LogP) is 2.64. The third kappa shape index (κ3) is 3.67. The number of rotatable bonds is 6. The highest BCUT2D eigenvalue weighted by molar-refractivity contribution is 5.92. The van der Waals surface area contributed by atoms with Crippen molar-refractivity contribution in [1.82, 2.24) is 10.1 Å². The van der Waals surface area contributed by atoms with Crippen molar-refractivity contribution in [2.24, 2.45) is 0 Å². The van der Waals surface area contributed by atoms with Crippen LogP contribution in [0.4, 0.5) is 0 Å². The van der Waals surface area contributed by atoms with Gasteiger partial charge in [-0.1, -0.05) is 35.5 Å². The molecule has 3 aromatic rings. The van der Waals surface area contributed by atoms with E-state index >= 15 is 0 Å². The molecule has 3 rings (SSSR count). The Morgan fingerprint density at radius 2 is 1.96 bits per heavy atom. The van der Waals surface area contributed by atoms with Crippen LogP contribution in [0, 0.1) is 0 Å². The SMILES string of the molecule is O=C(c1ccon1)N(Cc1ccccc1)CC(O)c1ccco1. The van der Waals surface area contributed by atoms with Crippen LogP contribution < -0.4 is 0 Å². The van der Waals surface area contributed by atoms with Crippen molar-refractivity contribution in [2.45, 2.75) is 12.6 Å². The van der Waals surface area contributed by atoms with Gasteiger partial charge in [0.25, 0.3) is 5.91 Å². The molecule has 2 aromatic heterocycles. The minimum atomic E-state index is -0.912. The molecule has 1 unspecified atom stereocenters. The van der Waals surface area contributed by atoms with Gasteiger partial charge in [0.1, 0.15) is 18.1 Å². The average Bonchev–Trinajstić information content (AvgIpc) is 3.27. The fraction of sp³-hybridized carbons (Fsp3) is 0.176. The first-order chi connectivity index (χ1) is 11.2. The van der Waals surface area contributed by atoms with E-state index in [1.54, 1.807) is 12.1 Å². The second-order valence-electron chi connectivity index (χ2n) is 5.09. The maximum Gasteiger partial charge on any atom is 0.276 e. The highest BCUT2D eigenvalue weighted by atomic mass is 16.5. The lowest BCUT2D eigenvalue weighted by atomic mass is 10.1. The molecule has 1 N–H and O–H groups in total. The van der Waals surface area contributed by atoms with E-state index in [-0.39, 0.29) is 18.1 Å². The zero-order chi connectivity index (χ0) is 16.1. The van der Waals surface area contributed by atoms with Crippen molar-refractivity contribution < 1.29 is 18.8 Å². The molecular weight excluding hydrogens is 296 g/mol. The molecule has 6 heteroatoms. The highest BCUT2D eigenvalue weighted by Gasteiger charge is 2.23. The summed E-state index contributed by atoms with van der Waals surface area (Å²) in [5, 5.41) is 14.0. The van der Waals surface area contributed by atoms with Crippen LogP contribution in [0.5, 0.6) is 0 Å². The van der Waals surface area contributed by atoms with E-state index in [4.69, 9.17) is 8.94 Å². The summed E-state index contributed by atoms with van der Waals surface area (Å²) in [5.41, 5.74) is 1.16. The number of carbonyl (C=O) groups excluding carboxylic acids is 1. The van der Waals surface area contributed by atoms with Gasteiger partial charge in [-0.15, -0.1) is 0 Å². The molecule has 0 spiro atoms. The molecule has 0 aliphatic heterocycles. The lowest BCUT2D eigenvalue weighted by Gasteiger charge is -2.24. The van der Waals surface area contributed by atoms with Gasteiger partial charge in [-0.2, -0.15) is 0 Å². The molecule has 0 aliphatic carbocycles. The quantitative estimate of drug-likeness (QED) is 0.757. The summed E-state index contributed by atoms with van der Waals surface area (Å²) >= 11 is 0. The number of furan rings is 1. The molecule has 0 saturated heterocycles. The number of carbonyl (C=O) groups is 1. The van der Waals surface area contributed by atoms with E-state index in [0.29, 0.717) is 12.3 Å².